The van der Waals surface area contributed by atoms with Crippen LogP contribution in [-0.2, 0) is 0 Å². The Labute approximate surface area is 106 Å². The molecule has 2 fully saturated rings. The molecule has 3 unspecified atom stereocenters. The highest BCUT2D eigenvalue weighted by Crippen LogP contribution is 2.37. The van der Waals surface area contributed by atoms with Crippen LogP contribution in [0.25, 0.3) is 0 Å². The molecule has 0 aromatic carbocycles. The second-order valence-corrected chi connectivity index (χ2v) is 6.11. The maximum Gasteiger partial charge on any atom is 0.0361 e. The van der Waals surface area contributed by atoms with Crippen molar-refractivity contribution in [3.05, 3.63) is 0 Å². The van der Waals surface area contributed by atoms with Crippen molar-refractivity contribution in [1.82, 2.24) is 9.80 Å². The number of nitrogens with zero attached hydrogens (tertiary/aromatic N) is 2. The van der Waals surface area contributed by atoms with Crippen molar-refractivity contribution >= 4 is 0 Å². The first-order valence-electron chi connectivity index (χ1n) is 7.30. The van der Waals surface area contributed by atoms with Gasteiger partial charge < -0.3 is 10.6 Å². The Bertz CT molecular complexity index is 256. The Balaban J connectivity index is 2.13. The first-order chi connectivity index (χ1) is 8.13. The maximum atomic E-state index is 6.18. The minimum atomic E-state index is 0.295. The number of piperidine rings is 1. The summed E-state index contributed by atoms with van der Waals surface area (Å²) in [6.07, 6.45) is 6.52. The molecule has 17 heavy (non-hydrogen) atoms. The van der Waals surface area contributed by atoms with Gasteiger partial charge in [0.1, 0.15) is 0 Å². The average Bonchev–Trinajstić information content (AvgIpc) is 2.82. The maximum absolute atomic E-state index is 6.18. The molecule has 2 aliphatic heterocycles. The molecule has 3 atom stereocenters. The highest BCUT2D eigenvalue weighted by molar-refractivity contribution is 5.02. The molecule has 0 spiro atoms. The largest absolute Gasteiger partial charge is 0.329 e. The van der Waals surface area contributed by atoms with Crippen molar-refractivity contribution in [2.75, 3.05) is 26.7 Å². The smallest absolute Gasteiger partial charge is 0.0361 e. The van der Waals surface area contributed by atoms with Gasteiger partial charge in [-0.2, -0.15) is 0 Å². The van der Waals surface area contributed by atoms with E-state index >= 15 is 0 Å². The molecule has 2 N–H and O–H groups in total. The normalized spacial score (nSPS) is 40.9. The van der Waals surface area contributed by atoms with E-state index in [9.17, 15) is 0 Å². The fourth-order valence-corrected chi connectivity index (χ4v) is 3.86. The number of hydrogen-bond donors (Lipinski definition) is 1. The van der Waals surface area contributed by atoms with Crippen molar-refractivity contribution in [3.8, 4) is 0 Å². The molecule has 2 heterocycles. The van der Waals surface area contributed by atoms with E-state index in [4.69, 9.17) is 5.73 Å². The summed E-state index contributed by atoms with van der Waals surface area (Å²) >= 11 is 0. The molecule has 0 aromatic rings. The molecule has 0 radical (unpaired) electrons. The Morgan fingerprint density at radius 2 is 2.12 bits per heavy atom. The monoisotopic (exact) mass is 239 g/mol. The van der Waals surface area contributed by atoms with Crippen LogP contribution in [0.1, 0.15) is 46.0 Å². The fraction of sp³-hybridized carbons (Fsp3) is 1.00. The van der Waals surface area contributed by atoms with Crippen LogP contribution in [0.15, 0.2) is 0 Å². The first kappa shape index (κ1) is 13.3. The van der Waals surface area contributed by atoms with Crippen LogP contribution in [-0.4, -0.2) is 54.1 Å². The van der Waals surface area contributed by atoms with Crippen molar-refractivity contribution in [2.45, 2.75) is 63.6 Å². The predicted molar refractivity (Wildman–Crippen MR) is 73.1 cm³/mol. The Kier molecular flexibility index (Phi) is 4.11. The molecule has 0 saturated carbocycles. The minimum Gasteiger partial charge on any atom is -0.329 e. The number of nitrogens with two attached hydrogens (primary N) is 1. The van der Waals surface area contributed by atoms with E-state index < -0.39 is 0 Å². The van der Waals surface area contributed by atoms with E-state index in [1.54, 1.807) is 0 Å². The van der Waals surface area contributed by atoms with Crippen molar-refractivity contribution in [1.29, 1.82) is 0 Å². The molecule has 2 saturated heterocycles. The third-order valence-electron chi connectivity index (χ3n) is 5.20. The van der Waals surface area contributed by atoms with Crippen LogP contribution >= 0.6 is 0 Å². The van der Waals surface area contributed by atoms with Crippen LogP contribution in [0.4, 0.5) is 0 Å². The van der Waals surface area contributed by atoms with E-state index in [-0.39, 0.29) is 0 Å². The summed E-state index contributed by atoms with van der Waals surface area (Å²) in [6.45, 7) is 7.98. The number of hydrogen-bond acceptors (Lipinski definition) is 3. The van der Waals surface area contributed by atoms with Gasteiger partial charge in [0, 0.05) is 24.2 Å². The van der Waals surface area contributed by atoms with Gasteiger partial charge in [0.25, 0.3) is 0 Å². The molecule has 3 nitrogen and oxygen atoms in total. The summed E-state index contributed by atoms with van der Waals surface area (Å²) in [6, 6.07) is 1.46. The van der Waals surface area contributed by atoms with Crippen LogP contribution in [0.3, 0.4) is 0 Å². The van der Waals surface area contributed by atoms with Crippen LogP contribution in [0, 0.1) is 0 Å². The zero-order valence-electron chi connectivity index (χ0n) is 11.8. The summed E-state index contributed by atoms with van der Waals surface area (Å²) in [7, 11) is 2.24. The van der Waals surface area contributed by atoms with Crippen LogP contribution in [0.5, 0.6) is 0 Å². The molecule has 3 heteroatoms. The molecule has 0 bridgehead atoms. The standard InChI is InChI=1S/C14H29N3/c1-4-13-6-5-8-17(13)14(11-15)7-9-16(3)12(2)10-14/h12-13H,4-11,15H2,1-3H3. The van der Waals surface area contributed by atoms with Gasteiger partial charge in [-0.25, -0.2) is 0 Å². The lowest BCUT2D eigenvalue weighted by atomic mass is 9.81. The summed E-state index contributed by atoms with van der Waals surface area (Å²) in [4.78, 5) is 5.24. The number of rotatable bonds is 3. The van der Waals surface area contributed by atoms with Crippen LogP contribution in [0.2, 0.25) is 0 Å². The Hall–Kier alpha value is -0.120. The topological polar surface area (TPSA) is 32.5 Å². The lowest BCUT2D eigenvalue weighted by molar-refractivity contribution is 0.00153. The van der Waals surface area contributed by atoms with E-state index in [1.165, 1.54) is 45.2 Å². The van der Waals surface area contributed by atoms with Gasteiger partial charge >= 0.3 is 0 Å². The third kappa shape index (κ3) is 2.38. The molecule has 2 rings (SSSR count). The van der Waals surface area contributed by atoms with Crippen LogP contribution < -0.4 is 5.73 Å². The van der Waals surface area contributed by atoms with Gasteiger partial charge in [-0.05, 0) is 59.2 Å². The third-order valence-corrected chi connectivity index (χ3v) is 5.20. The Morgan fingerprint density at radius 3 is 2.71 bits per heavy atom. The van der Waals surface area contributed by atoms with E-state index in [2.05, 4.69) is 30.7 Å². The lowest BCUT2D eigenvalue weighted by Crippen LogP contribution is -2.62. The fourth-order valence-electron chi connectivity index (χ4n) is 3.86. The SMILES string of the molecule is CCC1CCCN1C1(CN)CCN(C)C(C)C1. The van der Waals surface area contributed by atoms with E-state index in [0.29, 0.717) is 11.6 Å². The molecule has 0 aliphatic carbocycles. The summed E-state index contributed by atoms with van der Waals surface area (Å²) < 4.78 is 0. The second-order valence-electron chi connectivity index (χ2n) is 6.11. The molecule has 0 amide bonds. The van der Waals surface area contributed by atoms with E-state index in [1.807, 2.05) is 0 Å². The van der Waals surface area contributed by atoms with Crippen molar-refractivity contribution < 1.29 is 0 Å². The Morgan fingerprint density at radius 1 is 1.35 bits per heavy atom. The second kappa shape index (κ2) is 5.25. The predicted octanol–water partition coefficient (Wildman–Crippen LogP) is 1.67. The quantitative estimate of drug-likeness (QED) is 0.813. The first-order valence-corrected chi connectivity index (χ1v) is 7.30. The van der Waals surface area contributed by atoms with Gasteiger partial charge in [-0.15, -0.1) is 0 Å². The van der Waals surface area contributed by atoms with Gasteiger partial charge in [0.2, 0.25) is 0 Å². The van der Waals surface area contributed by atoms with Gasteiger partial charge in [-0.3, -0.25) is 4.90 Å². The van der Waals surface area contributed by atoms with Gasteiger partial charge in [-0.1, -0.05) is 6.92 Å². The van der Waals surface area contributed by atoms with Crippen molar-refractivity contribution in [2.24, 2.45) is 5.73 Å². The van der Waals surface area contributed by atoms with Crippen molar-refractivity contribution in [3.63, 3.8) is 0 Å². The molecule has 0 aromatic heterocycles. The lowest BCUT2D eigenvalue weighted by Gasteiger charge is -2.51. The zero-order chi connectivity index (χ0) is 12.5. The molecular formula is C14H29N3. The molecular weight excluding hydrogens is 210 g/mol. The van der Waals surface area contributed by atoms with Gasteiger partial charge in [0.15, 0.2) is 0 Å². The molecule has 2 aliphatic rings. The minimum absolute atomic E-state index is 0.295. The van der Waals surface area contributed by atoms with E-state index in [0.717, 1.165) is 12.6 Å². The summed E-state index contributed by atoms with van der Waals surface area (Å²) in [5, 5.41) is 0. The zero-order valence-corrected chi connectivity index (χ0v) is 11.8. The number of likely N-dealkylation sites (tertiary alicyclic amines) is 2. The summed E-state index contributed by atoms with van der Waals surface area (Å²) in [5.41, 5.74) is 6.48. The highest BCUT2D eigenvalue weighted by Gasteiger charge is 2.44. The summed E-state index contributed by atoms with van der Waals surface area (Å²) in [5.74, 6) is 0. The molecule has 100 valence electrons. The average molecular weight is 239 g/mol. The highest BCUT2D eigenvalue weighted by atomic mass is 15.3. The van der Waals surface area contributed by atoms with Gasteiger partial charge in [0.05, 0.1) is 0 Å².